The zero-order valence-corrected chi connectivity index (χ0v) is 11.4. The summed E-state index contributed by atoms with van der Waals surface area (Å²) < 4.78 is 5.49. The van der Waals surface area contributed by atoms with Crippen LogP contribution in [0.1, 0.15) is 46.5 Å². The van der Waals surface area contributed by atoms with Crippen LogP contribution >= 0.6 is 0 Å². The van der Waals surface area contributed by atoms with E-state index in [-0.39, 0.29) is 29.7 Å². The van der Waals surface area contributed by atoms with Gasteiger partial charge in [-0.05, 0) is 37.7 Å². The Balaban J connectivity index is 2.21. The van der Waals surface area contributed by atoms with Crippen LogP contribution in [0.25, 0.3) is 0 Å². The Morgan fingerprint density at radius 3 is 2.72 bits per heavy atom. The van der Waals surface area contributed by atoms with Crippen LogP contribution in [0.15, 0.2) is 11.6 Å². The SMILES string of the molecule is C/C1=C/CC2C(CC(C)CCC1=O)OC(=O)C2C. The normalized spacial score (nSPS) is 40.7. The maximum atomic E-state index is 11.8. The Labute approximate surface area is 109 Å². The molecule has 0 aromatic carbocycles. The summed E-state index contributed by atoms with van der Waals surface area (Å²) in [4.78, 5) is 23.5. The Bertz CT molecular complexity index is 383. The molecule has 0 spiro atoms. The predicted molar refractivity (Wildman–Crippen MR) is 68.9 cm³/mol. The quantitative estimate of drug-likeness (QED) is 0.621. The van der Waals surface area contributed by atoms with Gasteiger partial charge in [-0.1, -0.05) is 19.9 Å². The Hall–Kier alpha value is -1.12. The highest BCUT2D eigenvalue weighted by Crippen LogP contribution is 2.36. The highest BCUT2D eigenvalue weighted by Gasteiger charge is 2.41. The summed E-state index contributed by atoms with van der Waals surface area (Å²) >= 11 is 0. The highest BCUT2D eigenvalue weighted by molar-refractivity contribution is 5.94. The first-order chi connectivity index (χ1) is 8.49. The van der Waals surface area contributed by atoms with Crippen molar-refractivity contribution >= 4 is 11.8 Å². The van der Waals surface area contributed by atoms with E-state index in [9.17, 15) is 9.59 Å². The molecule has 0 aromatic rings. The van der Waals surface area contributed by atoms with Crippen molar-refractivity contribution in [2.24, 2.45) is 17.8 Å². The minimum Gasteiger partial charge on any atom is -0.462 e. The molecule has 0 amide bonds. The number of rotatable bonds is 0. The number of ketones is 1. The fourth-order valence-electron chi connectivity index (χ4n) is 2.94. The van der Waals surface area contributed by atoms with Gasteiger partial charge < -0.3 is 4.74 Å². The third kappa shape index (κ3) is 2.65. The second kappa shape index (κ2) is 5.25. The average Bonchev–Trinajstić information content (AvgIpc) is 2.58. The minimum atomic E-state index is -0.0752. The maximum Gasteiger partial charge on any atom is 0.309 e. The molecule has 1 heterocycles. The molecule has 100 valence electrons. The van der Waals surface area contributed by atoms with Gasteiger partial charge in [0.05, 0.1) is 5.92 Å². The van der Waals surface area contributed by atoms with Crippen LogP contribution in [-0.4, -0.2) is 17.9 Å². The summed E-state index contributed by atoms with van der Waals surface area (Å²) in [5.74, 6) is 0.805. The molecule has 0 N–H and O–H groups in total. The molecule has 2 aliphatic rings. The van der Waals surface area contributed by atoms with Gasteiger partial charge in [0.1, 0.15) is 6.10 Å². The van der Waals surface area contributed by atoms with E-state index in [0.29, 0.717) is 12.3 Å². The number of fused-ring (bicyclic) bond motifs is 1. The number of allylic oxidation sites excluding steroid dienone is 2. The Morgan fingerprint density at radius 2 is 2.00 bits per heavy atom. The van der Waals surface area contributed by atoms with Gasteiger partial charge >= 0.3 is 5.97 Å². The number of carbonyl (C=O) groups excluding carboxylic acids is 2. The molecule has 0 saturated carbocycles. The van der Waals surface area contributed by atoms with Crippen LogP contribution in [0.4, 0.5) is 0 Å². The van der Waals surface area contributed by atoms with Crippen molar-refractivity contribution in [3.8, 4) is 0 Å². The number of ether oxygens (including phenoxy) is 1. The second-order valence-electron chi connectivity index (χ2n) is 5.85. The highest BCUT2D eigenvalue weighted by atomic mass is 16.6. The monoisotopic (exact) mass is 250 g/mol. The summed E-state index contributed by atoms with van der Waals surface area (Å²) in [6.07, 6.45) is 5.21. The van der Waals surface area contributed by atoms with Gasteiger partial charge in [0, 0.05) is 12.3 Å². The second-order valence-corrected chi connectivity index (χ2v) is 5.85. The number of Topliss-reactive ketones (excluding diaryl/α,β-unsaturated/α-hetero) is 1. The van der Waals surface area contributed by atoms with Gasteiger partial charge in [0.25, 0.3) is 0 Å². The third-order valence-corrected chi connectivity index (χ3v) is 4.39. The molecule has 2 rings (SSSR count). The number of hydrogen-bond donors (Lipinski definition) is 0. The molecule has 3 heteroatoms. The van der Waals surface area contributed by atoms with Crippen LogP contribution in [-0.2, 0) is 14.3 Å². The van der Waals surface area contributed by atoms with Crippen molar-refractivity contribution in [1.82, 2.24) is 0 Å². The van der Waals surface area contributed by atoms with Gasteiger partial charge in [0.15, 0.2) is 5.78 Å². The van der Waals surface area contributed by atoms with E-state index in [1.165, 1.54) is 0 Å². The van der Waals surface area contributed by atoms with E-state index in [2.05, 4.69) is 6.92 Å². The molecule has 3 nitrogen and oxygen atoms in total. The first-order valence-corrected chi connectivity index (χ1v) is 6.89. The molecule has 18 heavy (non-hydrogen) atoms. The van der Waals surface area contributed by atoms with Crippen LogP contribution in [0, 0.1) is 17.8 Å². The van der Waals surface area contributed by atoms with Crippen molar-refractivity contribution < 1.29 is 14.3 Å². The summed E-state index contributed by atoms with van der Waals surface area (Å²) in [7, 11) is 0. The zero-order chi connectivity index (χ0) is 13.3. The number of carbonyl (C=O) groups is 2. The minimum absolute atomic E-state index is 0.0409. The van der Waals surface area contributed by atoms with Crippen molar-refractivity contribution in [3.63, 3.8) is 0 Å². The van der Waals surface area contributed by atoms with Crippen LogP contribution in [0.5, 0.6) is 0 Å². The van der Waals surface area contributed by atoms with Gasteiger partial charge in [0.2, 0.25) is 0 Å². The summed E-state index contributed by atoms with van der Waals surface area (Å²) in [5.41, 5.74) is 0.842. The van der Waals surface area contributed by atoms with E-state index in [1.54, 1.807) is 0 Å². The molecule has 0 bridgehead atoms. The molecule has 1 fully saturated rings. The predicted octanol–water partition coefficient (Wildman–Crippen LogP) is 2.89. The average molecular weight is 250 g/mol. The molecule has 1 aliphatic heterocycles. The molecule has 4 unspecified atom stereocenters. The largest absolute Gasteiger partial charge is 0.462 e. The van der Waals surface area contributed by atoms with Crippen LogP contribution in [0.2, 0.25) is 0 Å². The molecule has 0 radical (unpaired) electrons. The Morgan fingerprint density at radius 1 is 1.28 bits per heavy atom. The zero-order valence-electron chi connectivity index (χ0n) is 11.4. The van der Waals surface area contributed by atoms with E-state index >= 15 is 0 Å². The molecule has 4 atom stereocenters. The Kier molecular flexibility index (Phi) is 3.88. The lowest BCUT2D eigenvalue weighted by Crippen LogP contribution is -2.23. The van der Waals surface area contributed by atoms with Crippen molar-refractivity contribution in [1.29, 1.82) is 0 Å². The third-order valence-electron chi connectivity index (χ3n) is 4.39. The summed E-state index contributed by atoms with van der Waals surface area (Å²) in [6.45, 7) is 5.96. The van der Waals surface area contributed by atoms with Crippen molar-refractivity contribution in [3.05, 3.63) is 11.6 Å². The van der Waals surface area contributed by atoms with E-state index in [0.717, 1.165) is 24.8 Å². The van der Waals surface area contributed by atoms with Gasteiger partial charge in [-0.2, -0.15) is 0 Å². The summed E-state index contributed by atoms with van der Waals surface area (Å²) in [5, 5.41) is 0. The van der Waals surface area contributed by atoms with Crippen LogP contribution < -0.4 is 0 Å². The van der Waals surface area contributed by atoms with Gasteiger partial charge in [-0.3, -0.25) is 9.59 Å². The van der Waals surface area contributed by atoms with Crippen molar-refractivity contribution in [2.45, 2.75) is 52.6 Å². The van der Waals surface area contributed by atoms with Gasteiger partial charge in [-0.15, -0.1) is 0 Å². The lowest BCUT2D eigenvalue weighted by Gasteiger charge is -2.23. The molecular weight excluding hydrogens is 228 g/mol. The smallest absolute Gasteiger partial charge is 0.309 e. The van der Waals surface area contributed by atoms with Crippen molar-refractivity contribution in [2.75, 3.05) is 0 Å². The van der Waals surface area contributed by atoms with E-state index in [1.807, 2.05) is 19.9 Å². The lowest BCUT2D eigenvalue weighted by molar-refractivity contribution is -0.144. The van der Waals surface area contributed by atoms with Crippen LogP contribution in [0.3, 0.4) is 0 Å². The maximum absolute atomic E-state index is 11.8. The first-order valence-electron chi connectivity index (χ1n) is 6.89. The fourth-order valence-corrected chi connectivity index (χ4v) is 2.94. The van der Waals surface area contributed by atoms with E-state index < -0.39 is 0 Å². The van der Waals surface area contributed by atoms with Gasteiger partial charge in [-0.25, -0.2) is 0 Å². The molecule has 0 aromatic heterocycles. The fraction of sp³-hybridized carbons (Fsp3) is 0.733. The topological polar surface area (TPSA) is 43.4 Å². The number of hydrogen-bond acceptors (Lipinski definition) is 3. The molecular formula is C15H22O3. The molecule has 1 aliphatic carbocycles. The summed E-state index contributed by atoms with van der Waals surface area (Å²) in [6, 6.07) is 0. The number of esters is 1. The van der Waals surface area contributed by atoms with E-state index in [4.69, 9.17) is 4.74 Å². The lowest BCUT2D eigenvalue weighted by atomic mass is 9.82. The standard InChI is InChI=1S/C15H22O3/c1-9-4-7-13(16)10(2)5-6-12-11(3)15(17)18-14(12)8-9/h5,9,11-12,14H,4,6-8H2,1-3H3/b10-5-. The molecule has 1 saturated heterocycles. The first kappa shape index (κ1) is 13.3.